The number of rotatable bonds is 4. The van der Waals surface area contributed by atoms with Crippen LogP contribution in [0.4, 0.5) is 0 Å². The fraction of sp³-hybridized carbons (Fsp3) is 0.286. The number of methoxy groups -OCH3 is 1. The molecule has 1 amide bonds. The Bertz CT molecular complexity index is 578. The summed E-state index contributed by atoms with van der Waals surface area (Å²) in [6.07, 6.45) is 0. The van der Waals surface area contributed by atoms with E-state index in [1.807, 2.05) is 31.2 Å². The molecular formula is C14H16N2O3. The SMILES string of the molecule is COc1ccccc1[C@H](C)NC(=O)c1cc(C)on1. The van der Waals surface area contributed by atoms with Gasteiger partial charge in [-0.25, -0.2) is 0 Å². The van der Waals surface area contributed by atoms with Crippen LogP contribution >= 0.6 is 0 Å². The number of amides is 1. The van der Waals surface area contributed by atoms with Crippen molar-refractivity contribution in [3.63, 3.8) is 0 Å². The second kappa shape index (κ2) is 5.56. The predicted molar refractivity (Wildman–Crippen MR) is 70.1 cm³/mol. The lowest BCUT2D eigenvalue weighted by atomic mass is 10.1. The molecule has 0 aliphatic rings. The van der Waals surface area contributed by atoms with Crippen molar-refractivity contribution in [3.8, 4) is 5.75 Å². The van der Waals surface area contributed by atoms with E-state index in [1.54, 1.807) is 20.1 Å². The van der Waals surface area contributed by atoms with Gasteiger partial charge in [0.25, 0.3) is 5.91 Å². The standard InChI is InChI=1S/C14H16N2O3/c1-9-8-12(16-19-9)14(17)15-10(2)11-6-4-5-7-13(11)18-3/h4-8,10H,1-3H3,(H,15,17)/t10-/m0/s1. The monoisotopic (exact) mass is 260 g/mol. The van der Waals surface area contributed by atoms with E-state index in [1.165, 1.54) is 0 Å². The summed E-state index contributed by atoms with van der Waals surface area (Å²) in [5.74, 6) is 1.08. The lowest BCUT2D eigenvalue weighted by Gasteiger charge is -2.16. The normalized spacial score (nSPS) is 11.9. The van der Waals surface area contributed by atoms with Crippen LogP contribution in [0.3, 0.4) is 0 Å². The maximum absolute atomic E-state index is 12.0. The Morgan fingerprint density at radius 1 is 1.42 bits per heavy atom. The molecule has 1 aromatic heterocycles. The molecule has 0 aliphatic carbocycles. The van der Waals surface area contributed by atoms with Crippen molar-refractivity contribution in [2.75, 3.05) is 7.11 Å². The molecule has 0 saturated carbocycles. The minimum atomic E-state index is -0.268. The average molecular weight is 260 g/mol. The first kappa shape index (κ1) is 13.1. The minimum Gasteiger partial charge on any atom is -0.496 e. The van der Waals surface area contributed by atoms with E-state index in [-0.39, 0.29) is 17.6 Å². The fourth-order valence-corrected chi connectivity index (χ4v) is 1.85. The number of nitrogens with zero attached hydrogens (tertiary/aromatic N) is 1. The lowest BCUT2D eigenvalue weighted by molar-refractivity contribution is 0.0930. The van der Waals surface area contributed by atoms with E-state index in [2.05, 4.69) is 10.5 Å². The van der Waals surface area contributed by atoms with Gasteiger partial charge in [0.15, 0.2) is 5.69 Å². The van der Waals surface area contributed by atoms with Gasteiger partial charge in [-0.3, -0.25) is 4.79 Å². The lowest BCUT2D eigenvalue weighted by Crippen LogP contribution is -2.27. The van der Waals surface area contributed by atoms with Crippen molar-refractivity contribution in [2.24, 2.45) is 0 Å². The highest BCUT2D eigenvalue weighted by molar-refractivity contribution is 5.92. The van der Waals surface area contributed by atoms with E-state index in [4.69, 9.17) is 9.26 Å². The van der Waals surface area contributed by atoms with Crippen molar-refractivity contribution in [2.45, 2.75) is 19.9 Å². The second-order valence-electron chi connectivity index (χ2n) is 4.26. The number of aromatic nitrogens is 1. The summed E-state index contributed by atoms with van der Waals surface area (Å²) in [4.78, 5) is 12.0. The van der Waals surface area contributed by atoms with Crippen LogP contribution in [0.2, 0.25) is 0 Å². The molecule has 2 rings (SSSR count). The van der Waals surface area contributed by atoms with Crippen molar-refractivity contribution in [3.05, 3.63) is 47.3 Å². The number of benzene rings is 1. The first-order valence-electron chi connectivity index (χ1n) is 5.99. The minimum absolute atomic E-state index is 0.180. The largest absolute Gasteiger partial charge is 0.496 e. The molecule has 0 bridgehead atoms. The van der Waals surface area contributed by atoms with Gasteiger partial charge in [-0.1, -0.05) is 23.4 Å². The van der Waals surface area contributed by atoms with E-state index in [0.29, 0.717) is 5.76 Å². The van der Waals surface area contributed by atoms with Crippen LogP contribution in [0.1, 0.15) is 34.8 Å². The van der Waals surface area contributed by atoms with Crippen molar-refractivity contribution in [1.29, 1.82) is 0 Å². The van der Waals surface area contributed by atoms with Crippen LogP contribution in [0.25, 0.3) is 0 Å². The molecule has 5 nitrogen and oxygen atoms in total. The molecule has 0 saturated heterocycles. The molecule has 1 heterocycles. The fourth-order valence-electron chi connectivity index (χ4n) is 1.85. The Hall–Kier alpha value is -2.30. The zero-order chi connectivity index (χ0) is 13.8. The Labute approximate surface area is 111 Å². The Morgan fingerprint density at radius 3 is 2.79 bits per heavy atom. The summed E-state index contributed by atoms with van der Waals surface area (Å²) < 4.78 is 10.2. The average Bonchev–Trinajstić information content (AvgIpc) is 2.85. The van der Waals surface area contributed by atoms with Crippen LogP contribution in [-0.4, -0.2) is 18.2 Å². The summed E-state index contributed by atoms with van der Waals surface area (Å²) >= 11 is 0. The summed E-state index contributed by atoms with van der Waals surface area (Å²) in [6.45, 7) is 3.64. The molecule has 1 atom stereocenters. The van der Waals surface area contributed by atoms with Crippen LogP contribution < -0.4 is 10.1 Å². The van der Waals surface area contributed by atoms with Gasteiger partial charge in [0.05, 0.1) is 13.2 Å². The van der Waals surface area contributed by atoms with Gasteiger partial charge >= 0.3 is 0 Å². The zero-order valence-electron chi connectivity index (χ0n) is 11.1. The number of ether oxygens (including phenoxy) is 1. The number of carbonyl (C=O) groups is 1. The molecule has 0 unspecified atom stereocenters. The number of nitrogens with one attached hydrogen (secondary N) is 1. The van der Waals surface area contributed by atoms with Crippen molar-refractivity contribution in [1.82, 2.24) is 10.5 Å². The van der Waals surface area contributed by atoms with E-state index in [9.17, 15) is 4.79 Å². The topological polar surface area (TPSA) is 64.4 Å². The first-order chi connectivity index (χ1) is 9.11. The van der Waals surface area contributed by atoms with E-state index >= 15 is 0 Å². The molecule has 0 radical (unpaired) electrons. The van der Waals surface area contributed by atoms with Gasteiger partial charge in [-0.15, -0.1) is 0 Å². The van der Waals surface area contributed by atoms with Crippen LogP contribution in [-0.2, 0) is 0 Å². The summed E-state index contributed by atoms with van der Waals surface area (Å²) in [5, 5.41) is 6.55. The molecule has 0 fully saturated rings. The summed E-state index contributed by atoms with van der Waals surface area (Å²) in [5.41, 5.74) is 1.19. The summed E-state index contributed by atoms with van der Waals surface area (Å²) in [6, 6.07) is 8.99. The van der Waals surface area contributed by atoms with Gasteiger partial charge in [0, 0.05) is 11.6 Å². The quantitative estimate of drug-likeness (QED) is 0.917. The maximum Gasteiger partial charge on any atom is 0.273 e. The van der Waals surface area contributed by atoms with E-state index < -0.39 is 0 Å². The Morgan fingerprint density at radius 2 is 2.16 bits per heavy atom. The molecule has 0 aliphatic heterocycles. The molecular weight excluding hydrogens is 244 g/mol. The highest BCUT2D eigenvalue weighted by Gasteiger charge is 2.16. The second-order valence-corrected chi connectivity index (χ2v) is 4.26. The van der Waals surface area contributed by atoms with Crippen molar-refractivity contribution < 1.29 is 14.1 Å². The van der Waals surface area contributed by atoms with Gasteiger partial charge in [-0.2, -0.15) is 0 Å². The smallest absolute Gasteiger partial charge is 0.273 e. The van der Waals surface area contributed by atoms with Crippen LogP contribution in [0.5, 0.6) is 5.75 Å². The molecule has 5 heteroatoms. The third kappa shape index (κ3) is 2.93. The molecule has 19 heavy (non-hydrogen) atoms. The third-order valence-corrected chi connectivity index (χ3v) is 2.81. The third-order valence-electron chi connectivity index (χ3n) is 2.81. The van der Waals surface area contributed by atoms with Crippen LogP contribution in [0, 0.1) is 6.92 Å². The number of hydrogen-bond donors (Lipinski definition) is 1. The molecule has 100 valence electrons. The first-order valence-corrected chi connectivity index (χ1v) is 5.99. The molecule has 1 N–H and O–H groups in total. The molecule has 1 aromatic carbocycles. The number of carbonyl (C=O) groups excluding carboxylic acids is 1. The van der Waals surface area contributed by atoms with Gasteiger partial charge < -0.3 is 14.6 Å². The highest BCUT2D eigenvalue weighted by atomic mass is 16.5. The highest BCUT2D eigenvalue weighted by Crippen LogP contribution is 2.24. The number of hydrogen-bond acceptors (Lipinski definition) is 4. The predicted octanol–water partition coefficient (Wildman–Crippen LogP) is 2.48. The number of para-hydroxylation sites is 1. The zero-order valence-corrected chi connectivity index (χ0v) is 11.1. The van der Waals surface area contributed by atoms with Crippen molar-refractivity contribution >= 4 is 5.91 Å². The van der Waals surface area contributed by atoms with Crippen LogP contribution in [0.15, 0.2) is 34.9 Å². The van der Waals surface area contributed by atoms with Gasteiger partial charge in [0.1, 0.15) is 11.5 Å². The Balaban J connectivity index is 2.12. The Kier molecular flexibility index (Phi) is 3.85. The molecule has 2 aromatic rings. The maximum atomic E-state index is 12.0. The van der Waals surface area contributed by atoms with E-state index in [0.717, 1.165) is 11.3 Å². The number of aryl methyl sites for hydroxylation is 1. The van der Waals surface area contributed by atoms with Gasteiger partial charge in [0.2, 0.25) is 0 Å². The summed E-state index contributed by atoms with van der Waals surface area (Å²) in [7, 11) is 1.61. The molecule has 0 spiro atoms. The van der Waals surface area contributed by atoms with Gasteiger partial charge in [-0.05, 0) is 19.9 Å².